The number of amides is 2. The fourth-order valence-corrected chi connectivity index (χ4v) is 4.54. The third-order valence-corrected chi connectivity index (χ3v) is 6.72. The van der Waals surface area contributed by atoms with Gasteiger partial charge in [-0.3, -0.25) is 9.59 Å². The minimum atomic E-state index is -4.42. The molecule has 3 rings (SSSR count). The van der Waals surface area contributed by atoms with Crippen LogP contribution < -0.4 is 0 Å². The number of unbranched alkanes of at least 4 members (excludes halogenated alkanes) is 1. The Hall–Kier alpha value is -2.97. The van der Waals surface area contributed by atoms with Crippen molar-refractivity contribution < 1.29 is 22.8 Å². The van der Waals surface area contributed by atoms with Crippen LogP contribution in [0.3, 0.4) is 0 Å². The van der Waals surface area contributed by atoms with Gasteiger partial charge in [0.05, 0.1) is 22.7 Å². The van der Waals surface area contributed by atoms with Crippen molar-refractivity contribution in [2.75, 3.05) is 19.6 Å². The fourth-order valence-electron chi connectivity index (χ4n) is 4.05. The highest BCUT2D eigenvalue weighted by atomic mass is 35.5. The topological polar surface area (TPSA) is 45.6 Å². The molecule has 3 aromatic rings. The smallest absolute Gasteiger partial charge is 0.345 e. The molecule has 0 aliphatic carbocycles. The molecule has 10 heteroatoms. The Kier molecular flexibility index (Phi) is 10.3. The van der Waals surface area contributed by atoms with E-state index in [0.29, 0.717) is 23.7 Å². The zero-order chi connectivity index (χ0) is 27.9. The minimum absolute atomic E-state index is 0.133. The van der Waals surface area contributed by atoms with Gasteiger partial charge in [-0.1, -0.05) is 48.7 Å². The molecule has 0 bridgehead atoms. The average Bonchev–Trinajstić information content (AvgIpc) is 3.30. The molecule has 2 aromatic carbocycles. The summed E-state index contributed by atoms with van der Waals surface area (Å²) in [4.78, 5) is 29.6. The molecule has 0 unspecified atom stereocenters. The third-order valence-electron chi connectivity index (χ3n) is 6.17. The summed E-state index contributed by atoms with van der Waals surface area (Å²) in [5, 5.41) is 0.619. The standard InChI is InChI=1S/C28H30Cl2F3N3O2/c1-3-5-13-36(26(37)19-34(4-2)27(38)24-12-11-22(29)16-25(24)30)18-23-10-7-14-35(23)17-20-8-6-9-21(15-20)28(31,32)33/h6-12,14-16H,3-5,13,17-19H2,1-2H3. The summed E-state index contributed by atoms with van der Waals surface area (Å²) in [7, 11) is 0. The van der Waals surface area contributed by atoms with Gasteiger partial charge in [-0.05, 0) is 61.4 Å². The highest BCUT2D eigenvalue weighted by molar-refractivity contribution is 6.36. The first-order chi connectivity index (χ1) is 18.0. The van der Waals surface area contributed by atoms with E-state index in [1.165, 1.54) is 23.1 Å². The molecule has 0 aliphatic rings. The Morgan fingerprint density at radius 3 is 2.39 bits per heavy atom. The van der Waals surface area contributed by atoms with Crippen LogP contribution in [-0.4, -0.2) is 45.8 Å². The molecule has 38 heavy (non-hydrogen) atoms. The fraction of sp³-hybridized carbons (Fsp3) is 0.357. The number of benzene rings is 2. The normalized spacial score (nSPS) is 11.4. The van der Waals surface area contributed by atoms with Crippen molar-refractivity contribution in [1.29, 1.82) is 0 Å². The summed E-state index contributed by atoms with van der Waals surface area (Å²) in [6, 6.07) is 13.5. The van der Waals surface area contributed by atoms with Gasteiger partial charge in [0.25, 0.3) is 5.91 Å². The molecule has 0 saturated heterocycles. The largest absolute Gasteiger partial charge is 0.416 e. The molecule has 0 saturated carbocycles. The number of halogens is 5. The van der Waals surface area contributed by atoms with E-state index in [1.54, 1.807) is 36.2 Å². The maximum absolute atomic E-state index is 13.4. The van der Waals surface area contributed by atoms with Gasteiger partial charge in [-0.15, -0.1) is 0 Å². The van der Waals surface area contributed by atoms with Gasteiger partial charge in [0.2, 0.25) is 5.91 Å². The Morgan fingerprint density at radius 2 is 1.74 bits per heavy atom. The number of likely N-dealkylation sites (N-methyl/N-ethyl adjacent to an activating group) is 1. The highest BCUT2D eigenvalue weighted by Crippen LogP contribution is 2.30. The first kappa shape index (κ1) is 29.6. The van der Waals surface area contributed by atoms with Crippen LogP contribution in [0.1, 0.15) is 53.9 Å². The maximum Gasteiger partial charge on any atom is 0.416 e. The van der Waals surface area contributed by atoms with Crippen molar-refractivity contribution in [3.05, 3.63) is 93.2 Å². The van der Waals surface area contributed by atoms with E-state index >= 15 is 0 Å². The number of carbonyl (C=O) groups is 2. The molecule has 2 amide bonds. The number of hydrogen-bond acceptors (Lipinski definition) is 2. The van der Waals surface area contributed by atoms with E-state index in [-0.39, 0.29) is 42.0 Å². The number of carbonyl (C=O) groups excluding carboxylic acids is 2. The van der Waals surface area contributed by atoms with E-state index in [1.807, 2.05) is 17.6 Å². The first-order valence-corrected chi connectivity index (χ1v) is 13.1. The van der Waals surface area contributed by atoms with Crippen LogP contribution >= 0.6 is 23.2 Å². The summed E-state index contributed by atoms with van der Waals surface area (Å²) < 4.78 is 41.3. The molecule has 0 fully saturated rings. The van der Waals surface area contributed by atoms with Crippen molar-refractivity contribution in [3.8, 4) is 0 Å². The molecule has 1 heterocycles. The molecule has 0 aliphatic heterocycles. The Morgan fingerprint density at radius 1 is 0.974 bits per heavy atom. The second-order valence-electron chi connectivity index (χ2n) is 8.94. The summed E-state index contributed by atoms with van der Waals surface area (Å²) in [6.07, 6.45) is -1.00. The molecule has 0 spiro atoms. The van der Waals surface area contributed by atoms with Crippen LogP contribution in [0.25, 0.3) is 0 Å². The van der Waals surface area contributed by atoms with Crippen LogP contribution in [-0.2, 0) is 24.1 Å². The van der Waals surface area contributed by atoms with Crippen molar-refractivity contribution in [3.63, 3.8) is 0 Å². The third kappa shape index (κ3) is 7.77. The van der Waals surface area contributed by atoms with Crippen molar-refractivity contribution in [2.24, 2.45) is 0 Å². The van der Waals surface area contributed by atoms with E-state index in [0.717, 1.165) is 30.7 Å². The molecule has 0 N–H and O–H groups in total. The SMILES string of the molecule is CCCCN(Cc1cccn1Cc1cccc(C(F)(F)F)c1)C(=O)CN(CC)C(=O)c1ccc(Cl)cc1Cl. The van der Waals surface area contributed by atoms with Crippen LogP contribution in [0.15, 0.2) is 60.8 Å². The van der Waals surface area contributed by atoms with Crippen molar-refractivity contribution >= 4 is 35.0 Å². The average molecular weight is 568 g/mol. The molecular weight excluding hydrogens is 538 g/mol. The lowest BCUT2D eigenvalue weighted by atomic mass is 10.1. The summed E-state index contributed by atoms with van der Waals surface area (Å²) in [5.74, 6) is -0.601. The van der Waals surface area contributed by atoms with Crippen LogP contribution in [0.5, 0.6) is 0 Å². The molecule has 0 radical (unpaired) electrons. The van der Waals surface area contributed by atoms with Crippen LogP contribution in [0.4, 0.5) is 13.2 Å². The van der Waals surface area contributed by atoms with Gasteiger partial charge in [-0.2, -0.15) is 13.2 Å². The number of alkyl halides is 3. The van der Waals surface area contributed by atoms with E-state index in [2.05, 4.69) is 0 Å². The highest BCUT2D eigenvalue weighted by Gasteiger charge is 2.30. The van der Waals surface area contributed by atoms with Gasteiger partial charge in [0.15, 0.2) is 0 Å². The van der Waals surface area contributed by atoms with Gasteiger partial charge in [-0.25, -0.2) is 0 Å². The summed E-state index contributed by atoms with van der Waals surface area (Å²) in [5.41, 5.74) is 0.850. The second-order valence-corrected chi connectivity index (χ2v) is 9.78. The van der Waals surface area contributed by atoms with Gasteiger partial charge in [0.1, 0.15) is 6.54 Å². The molecular formula is C28H30Cl2F3N3O2. The second kappa shape index (κ2) is 13.2. The molecule has 204 valence electrons. The van der Waals surface area contributed by atoms with Gasteiger partial charge >= 0.3 is 6.18 Å². The van der Waals surface area contributed by atoms with Crippen molar-refractivity contribution in [2.45, 2.75) is 46.0 Å². The predicted molar refractivity (Wildman–Crippen MR) is 143 cm³/mol. The Balaban J connectivity index is 1.76. The Bertz CT molecular complexity index is 1260. The maximum atomic E-state index is 13.4. The lowest BCUT2D eigenvalue weighted by molar-refractivity contribution is -0.137. The minimum Gasteiger partial charge on any atom is -0.345 e. The lowest BCUT2D eigenvalue weighted by Crippen LogP contribution is -2.43. The summed E-state index contributed by atoms with van der Waals surface area (Å²) in [6.45, 7) is 4.95. The number of hydrogen-bond donors (Lipinski definition) is 0. The molecule has 5 nitrogen and oxygen atoms in total. The zero-order valence-electron chi connectivity index (χ0n) is 21.3. The molecule has 1 aromatic heterocycles. The number of rotatable bonds is 11. The van der Waals surface area contributed by atoms with Gasteiger partial charge < -0.3 is 14.4 Å². The van der Waals surface area contributed by atoms with E-state index < -0.39 is 11.7 Å². The Labute approximate surface area is 230 Å². The number of nitrogens with zero attached hydrogens (tertiary/aromatic N) is 3. The van der Waals surface area contributed by atoms with Crippen LogP contribution in [0.2, 0.25) is 10.0 Å². The van der Waals surface area contributed by atoms with Gasteiger partial charge in [0, 0.05) is 36.5 Å². The predicted octanol–water partition coefficient (Wildman–Crippen LogP) is 7.15. The van der Waals surface area contributed by atoms with E-state index in [4.69, 9.17) is 23.2 Å². The lowest BCUT2D eigenvalue weighted by Gasteiger charge is -2.28. The van der Waals surface area contributed by atoms with Crippen LogP contribution in [0, 0.1) is 0 Å². The zero-order valence-corrected chi connectivity index (χ0v) is 22.8. The monoisotopic (exact) mass is 567 g/mol. The summed E-state index contributed by atoms with van der Waals surface area (Å²) >= 11 is 12.2. The van der Waals surface area contributed by atoms with Crippen molar-refractivity contribution in [1.82, 2.24) is 14.4 Å². The quantitative estimate of drug-likeness (QED) is 0.247. The first-order valence-electron chi connectivity index (χ1n) is 12.4. The molecule has 0 atom stereocenters. The van der Waals surface area contributed by atoms with E-state index in [9.17, 15) is 22.8 Å². The number of aromatic nitrogens is 1.